The zero-order valence-electron chi connectivity index (χ0n) is 14.9. The van der Waals surface area contributed by atoms with Gasteiger partial charge in [-0.2, -0.15) is 0 Å². The Labute approximate surface area is 131 Å². The van der Waals surface area contributed by atoms with Crippen molar-refractivity contribution in [3.8, 4) is 0 Å². The van der Waals surface area contributed by atoms with Gasteiger partial charge in [0.2, 0.25) is 0 Å². The lowest BCUT2D eigenvalue weighted by molar-refractivity contribution is 0.0521. The van der Waals surface area contributed by atoms with E-state index in [-0.39, 0.29) is 6.09 Å². The van der Waals surface area contributed by atoms with Crippen molar-refractivity contribution in [2.24, 2.45) is 5.92 Å². The minimum Gasteiger partial charge on any atom is -0.444 e. The topological polar surface area (TPSA) is 50.4 Å². The van der Waals surface area contributed by atoms with Crippen LogP contribution in [0.25, 0.3) is 0 Å². The van der Waals surface area contributed by atoms with E-state index in [0.717, 1.165) is 13.0 Å². The van der Waals surface area contributed by atoms with Crippen molar-refractivity contribution in [1.29, 1.82) is 0 Å². The van der Waals surface area contributed by atoms with Gasteiger partial charge in [0.25, 0.3) is 0 Å². The zero-order chi connectivity index (χ0) is 16.3. The molecule has 0 heterocycles. The highest BCUT2D eigenvalue weighted by atomic mass is 16.6. The second-order valence-electron chi connectivity index (χ2n) is 7.02. The monoisotopic (exact) mass is 300 g/mol. The third kappa shape index (κ3) is 12.7. The third-order valence-electron chi connectivity index (χ3n) is 3.33. The Bertz CT molecular complexity index is 274. The quantitative estimate of drug-likeness (QED) is 0.639. The number of alkyl carbamates (subject to hydrolysis) is 1. The van der Waals surface area contributed by atoms with Gasteiger partial charge in [0.05, 0.1) is 0 Å². The highest BCUT2D eigenvalue weighted by Gasteiger charge is 2.17. The number of amides is 1. The van der Waals surface area contributed by atoms with Crippen molar-refractivity contribution in [3.05, 3.63) is 0 Å². The maximum atomic E-state index is 11.7. The minimum atomic E-state index is -0.438. The van der Waals surface area contributed by atoms with Crippen molar-refractivity contribution in [2.75, 3.05) is 13.1 Å². The molecule has 0 bridgehead atoms. The van der Waals surface area contributed by atoms with Gasteiger partial charge in [0.15, 0.2) is 0 Å². The highest BCUT2D eigenvalue weighted by molar-refractivity contribution is 5.67. The third-order valence-corrected chi connectivity index (χ3v) is 3.33. The van der Waals surface area contributed by atoms with Crippen molar-refractivity contribution in [2.45, 2.75) is 85.3 Å². The van der Waals surface area contributed by atoms with Gasteiger partial charge >= 0.3 is 6.09 Å². The van der Waals surface area contributed by atoms with E-state index in [1.165, 1.54) is 25.7 Å². The molecule has 1 amide bonds. The maximum absolute atomic E-state index is 11.7. The molecule has 0 fully saturated rings. The molecule has 2 unspecified atom stereocenters. The molecule has 0 aromatic heterocycles. The maximum Gasteiger partial charge on any atom is 0.407 e. The molecule has 0 spiro atoms. The molecule has 0 rings (SSSR count). The molecule has 0 saturated carbocycles. The number of unbranched alkanes of at least 4 members (excludes halogenated alkanes) is 1. The van der Waals surface area contributed by atoms with E-state index in [2.05, 4.69) is 31.4 Å². The summed E-state index contributed by atoms with van der Waals surface area (Å²) in [5, 5.41) is 6.47. The van der Waals surface area contributed by atoms with Gasteiger partial charge in [0.1, 0.15) is 5.60 Å². The number of ether oxygens (including phenoxy) is 1. The molecule has 0 aliphatic heterocycles. The molecule has 2 N–H and O–H groups in total. The standard InChI is InChI=1S/C17H36N2O2/c1-7-9-11-15(18-12-14(3)10-8-2)13-19-16(20)21-17(4,5)6/h14-15,18H,7-13H2,1-6H3,(H,19,20). The Kier molecular flexibility index (Phi) is 10.5. The summed E-state index contributed by atoms with van der Waals surface area (Å²) in [5.74, 6) is 0.681. The second kappa shape index (κ2) is 10.9. The summed E-state index contributed by atoms with van der Waals surface area (Å²) in [4.78, 5) is 11.7. The Morgan fingerprint density at radius 2 is 1.76 bits per heavy atom. The van der Waals surface area contributed by atoms with E-state index in [9.17, 15) is 4.79 Å². The summed E-state index contributed by atoms with van der Waals surface area (Å²) in [6.45, 7) is 14.0. The molecular weight excluding hydrogens is 264 g/mol. The van der Waals surface area contributed by atoms with Crippen LogP contribution in [0.3, 0.4) is 0 Å². The van der Waals surface area contributed by atoms with Crippen LogP contribution in [0.2, 0.25) is 0 Å². The first-order chi connectivity index (χ1) is 9.78. The summed E-state index contributed by atoms with van der Waals surface area (Å²) < 4.78 is 5.28. The predicted octanol–water partition coefficient (Wildman–Crippen LogP) is 4.10. The van der Waals surface area contributed by atoms with Crippen molar-refractivity contribution < 1.29 is 9.53 Å². The van der Waals surface area contributed by atoms with Crippen LogP contribution < -0.4 is 10.6 Å². The zero-order valence-corrected chi connectivity index (χ0v) is 14.9. The highest BCUT2D eigenvalue weighted by Crippen LogP contribution is 2.08. The first kappa shape index (κ1) is 20.2. The molecule has 0 aliphatic rings. The second-order valence-corrected chi connectivity index (χ2v) is 7.02. The summed E-state index contributed by atoms with van der Waals surface area (Å²) in [6, 6.07) is 0.330. The van der Waals surface area contributed by atoms with Crippen LogP contribution in [0, 0.1) is 5.92 Å². The fourth-order valence-electron chi connectivity index (χ4n) is 2.21. The molecule has 0 aromatic rings. The molecule has 21 heavy (non-hydrogen) atoms. The van der Waals surface area contributed by atoms with Gasteiger partial charge in [-0.05, 0) is 46.1 Å². The van der Waals surface area contributed by atoms with Crippen molar-refractivity contribution in [3.63, 3.8) is 0 Å². The fraction of sp³-hybridized carbons (Fsp3) is 0.941. The van der Waals surface area contributed by atoms with E-state index in [4.69, 9.17) is 4.74 Å². The van der Waals surface area contributed by atoms with E-state index in [1.54, 1.807) is 0 Å². The summed E-state index contributed by atoms with van der Waals surface area (Å²) in [6.07, 6.45) is 5.58. The molecule has 126 valence electrons. The predicted molar refractivity (Wildman–Crippen MR) is 89.6 cm³/mol. The SMILES string of the molecule is CCCCC(CNC(=O)OC(C)(C)C)NCC(C)CCC. The molecule has 4 heteroatoms. The smallest absolute Gasteiger partial charge is 0.407 e. The lowest BCUT2D eigenvalue weighted by Gasteiger charge is -2.23. The van der Waals surface area contributed by atoms with Crippen LogP contribution in [-0.4, -0.2) is 30.8 Å². The molecule has 0 saturated heterocycles. The molecular formula is C17H36N2O2. The number of carbonyl (C=O) groups excluding carboxylic acids is 1. The van der Waals surface area contributed by atoms with E-state index < -0.39 is 5.60 Å². The van der Waals surface area contributed by atoms with Gasteiger partial charge in [-0.15, -0.1) is 0 Å². The molecule has 4 nitrogen and oxygen atoms in total. The first-order valence-corrected chi connectivity index (χ1v) is 8.48. The Hall–Kier alpha value is -0.770. The molecule has 0 aromatic carbocycles. The number of rotatable bonds is 10. The lowest BCUT2D eigenvalue weighted by Crippen LogP contribution is -2.43. The first-order valence-electron chi connectivity index (χ1n) is 8.48. The average molecular weight is 300 g/mol. The van der Waals surface area contributed by atoms with E-state index in [1.807, 2.05) is 20.8 Å². The van der Waals surface area contributed by atoms with Crippen LogP contribution in [0.1, 0.15) is 73.6 Å². The van der Waals surface area contributed by atoms with Gasteiger partial charge in [-0.3, -0.25) is 0 Å². The normalized spacial score (nSPS) is 14.6. The fourth-order valence-corrected chi connectivity index (χ4v) is 2.21. The number of hydrogen-bond acceptors (Lipinski definition) is 3. The van der Waals surface area contributed by atoms with Crippen LogP contribution in [-0.2, 0) is 4.74 Å². The van der Waals surface area contributed by atoms with Crippen LogP contribution in [0.15, 0.2) is 0 Å². The van der Waals surface area contributed by atoms with Crippen LogP contribution in [0.4, 0.5) is 4.79 Å². The largest absolute Gasteiger partial charge is 0.444 e. The lowest BCUT2D eigenvalue weighted by atomic mass is 10.0. The Morgan fingerprint density at radius 1 is 1.10 bits per heavy atom. The number of carbonyl (C=O) groups is 1. The van der Waals surface area contributed by atoms with Gasteiger partial charge in [-0.25, -0.2) is 4.79 Å². The Balaban J connectivity index is 4.13. The number of hydrogen-bond donors (Lipinski definition) is 2. The summed E-state index contributed by atoms with van der Waals surface area (Å²) in [5.41, 5.74) is -0.438. The van der Waals surface area contributed by atoms with Gasteiger partial charge in [0, 0.05) is 12.6 Å². The van der Waals surface area contributed by atoms with Gasteiger partial charge in [-0.1, -0.05) is 40.0 Å². The average Bonchev–Trinajstić information content (AvgIpc) is 2.36. The van der Waals surface area contributed by atoms with Crippen molar-refractivity contribution in [1.82, 2.24) is 10.6 Å². The number of nitrogens with one attached hydrogen (secondary N) is 2. The summed E-state index contributed by atoms with van der Waals surface area (Å²) in [7, 11) is 0. The molecule has 0 radical (unpaired) electrons. The molecule has 2 atom stereocenters. The van der Waals surface area contributed by atoms with Crippen molar-refractivity contribution >= 4 is 6.09 Å². The molecule has 0 aliphatic carbocycles. The van der Waals surface area contributed by atoms with Gasteiger partial charge < -0.3 is 15.4 Å². The van der Waals surface area contributed by atoms with E-state index in [0.29, 0.717) is 18.5 Å². The van der Waals surface area contributed by atoms with E-state index >= 15 is 0 Å². The van der Waals surface area contributed by atoms with Crippen LogP contribution in [0.5, 0.6) is 0 Å². The summed E-state index contributed by atoms with van der Waals surface area (Å²) >= 11 is 0. The Morgan fingerprint density at radius 3 is 2.29 bits per heavy atom. The van der Waals surface area contributed by atoms with Crippen LogP contribution >= 0.6 is 0 Å². The minimum absolute atomic E-state index is 0.326.